The van der Waals surface area contributed by atoms with Crippen molar-refractivity contribution in [2.75, 3.05) is 13.2 Å². The van der Waals surface area contributed by atoms with Gasteiger partial charge in [0.25, 0.3) is 0 Å². The quantitative estimate of drug-likeness (QED) is 0.470. The van der Waals surface area contributed by atoms with E-state index in [1.807, 2.05) is 13.0 Å². The molecule has 0 radical (unpaired) electrons. The summed E-state index contributed by atoms with van der Waals surface area (Å²) in [7, 11) is 0. The van der Waals surface area contributed by atoms with Gasteiger partial charge in [-0.05, 0) is 86.8 Å². The number of aryl methyl sites for hydroxylation is 2. The molecule has 0 saturated heterocycles. The first kappa shape index (κ1) is 26.3. The highest BCUT2D eigenvalue weighted by molar-refractivity contribution is 5.50. The number of aliphatic hydroxyl groups is 3. The Morgan fingerprint density at radius 3 is 2.15 bits per heavy atom. The molecule has 2 aromatic rings. The van der Waals surface area contributed by atoms with E-state index in [-0.39, 0.29) is 18.6 Å². The van der Waals surface area contributed by atoms with Gasteiger partial charge in [0.2, 0.25) is 0 Å². The zero-order chi connectivity index (χ0) is 24.8. The van der Waals surface area contributed by atoms with E-state index in [2.05, 4.69) is 62.9 Å². The van der Waals surface area contributed by atoms with Crippen molar-refractivity contribution < 1.29 is 20.1 Å². The highest BCUT2D eigenvalue weighted by Gasteiger charge is 2.31. The fraction of sp³-hybridized carbons (Fsp3) is 0.533. The normalized spacial score (nSPS) is 16.4. The first-order valence-electron chi connectivity index (χ1n) is 12.7. The highest BCUT2D eigenvalue weighted by Crippen LogP contribution is 2.41. The molecule has 0 bridgehead atoms. The molecule has 0 heterocycles. The van der Waals surface area contributed by atoms with E-state index in [9.17, 15) is 10.2 Å². The molecule has 3 rings (SSSR count). The Morgan fingerprint density at radius 1 is 0.971 bits per heavy atom. The molecular weight excluding hydrogens is 424 g/mol. The Labute approximate surface area is 205 Å². The monoisotopic (exact) mass is 464 g/mol. The van der Waals surface area contributed by atoms with Crippen LogP contribution in [0.25, 0.3) is 0 Å². The zero-order valence-electron chi connectivity index (χ0n) is 21.2. The largest absolute Gasteiger partial charge is 0.491 e. The Hall–Kier alpha value is -2.32. The third-order valence-corrected chi connectivity index (χ3v) is 7.47. The maximum absolute atomic E-state index is 10.8. The number of hydrogen-bond donors (Lipinski definition) is 3. The van der Waals surface area contributed by atoms with E-state index < -0.39 is 11.7 Å². The molecule has 3 N–H and O–H groups in total. The van der Waals surface area contributed by atoms with Crippen molar-refractivity contribution in [1.29, 1.82) is 0 Å². The summed E-state index contributed by atoms with van der Waals surface area (Å²) in [4.78, 5) is 0. The number of aliphatic hydroxyl groups excluding tert-OH is 2. The predicted octanol–water partition coefficient (Wildman–Crippen LogP) is 5.19. The smallest absolute Gasteiger partial charge is 0.125 e. The lowest BCUT2D eigenvalue weighted by atomic mass is 9.70. The minimum absolute atomic E-state index is 0.0696. The SMILES string of the molecule is CCC(CC)(c1ccc(C#CC2(O)CCCCC2)c(C)c1)c1ccc(OC[C@@H](O)CO)c(C)c1. The van der Waals surface area contributed by atoms with E-state index in [1.54, 1.807) is 0 Å². The summed E-state index contributed by atoms with van der Waals surface area (Å²) in [6.07, 6.45) is 5.84. The lowest BCUT2D eigenvalue weighted by Crippen LogP contribution is -2.29. The number of benzene rings is 2. The van der Waals surface area contributed by atoms with Crippen LogP contribution in [-0.2, 0) is 5.41 Å². The summed E-state index contributed by atoms with van der Waals surface area (Å²) >= 11 is 0. The second-order valence-electron chi connectivity index (χ2n) is 9.79. The third kappa shape index (κ3) is 5.84. The van der Waals surface area contributed by atoms with Crippen molar-refractivity contribution in [3.05, 3.63) is 64.2 Å². The number of ether oxygens (including phenoxy) is 1. The van der Waals surface area contributed by atoms with Crippen LogP contribution in [0.3, 0.4) is 0 Å². The molecule has 0 aliphatic heterocycles. The fourth-order valence-corrected chi connectivity index (χ4v) is 5.13. The molecule has 4 nitrogen and oxygen atoms in total. The molecule has 2 aromatic carbocycles. The van der Waals surface area contributed by atoms with Gasteiger partial charge in [-0.1, -0.05) is 56.4 Å². The van der Waals surface area contributed by atoms with Gasteiger partial charge in [0.15, 0.2) is 0 Å². The Morgan fingerprint density at radius 2 is 1.59 bits per heavy atom. The summed E-state index contributed by atoms with van der Waals surface area (Å²) in [5, 5.41) is 29.4. The van der Waals surface area contributed by atoms with E-state index in [0.717, 1.165) is 61.0 Å². The molecule has 1 fully saturated rings. The van der Waals surface area contributed by atoms with Gasteiger partial charge in [-0.15, -0.1) is 0 Å². The first-order chi connectivity index (χ1) is 16.3. The van der Waals surface area contributed by atoms with Gasteiger partial charge in [0, 0.05) is 11.0 Å². The van der Waals surface area contributed by atoms with Crippen LogP contribution in [0.1, 0.15) is 86.6 Å². The second kappa shape index (κ2) is 11.4. The maximum atomic E-state index is 10.8. The molecular formula is C30H40O4. The summed E-state index contributed by atoms with van der Waals surface area (Å²) in [5.41, 5.74) is 4.65. The van der Waals surface area contributed by atoms with Crippen LogP contribution in [0.4, 0.5) is 0 Å². The number of rotatable bonds is 8. The van der Waals surface area contributed by atoms with Crippen molar-refractivity contribution in [2.45, 2.75) is 89.8 Å². The minimum Gasteiger partial charge on any atom is -0.491 e. The second-order valence-corrected chi connectivity index (χ2v) is 9.79. The molecule has 1 aliphatic carbocycles. The van der Waals surface area contributed by atoms with Gasteiger partial charge in [0.1, 0.15) is 24.1 Å². The van der Waals surface area contributed by atoms with Crippen LogP contribution >= 0.6 is 0 Å². The van der Waals surface area contributed by atoms with Crippen LogP contribution in [0.5, 0.6) is 5.75 Å². The molecule has 0 unspecified atom stereocenters. The van der Waals surface area contributed by atoms with E-state index in [1.165, 1.54) is 17.5 Å². The maximum Gasteiger partial charge on any atom is 0.125 e. The van der Waals surface area contributed by atoms with E-state index in [0.29, 0.717) is 0 Å². The predicted molar refractivity (Wildman–Crippen MR) is 137 cm³/mol. The summed E-state index contributed by atoms with van der Waals surface area (Å²) in [5.74, 6) is 7.16. The molecule has 1 atom stereocenters. The summed E-state index contributed by atoms with van der Waals surface area (Å²) < 4.78 is 5.70. The molecule has 34 heavy (non-hydrogen) atoms. The minimum atomic E-state index is -0.882. The van der Waals surface area contributed by atoms with Gasteiger partial charge in [0.05, 0.1) is 6.61 Å². The molecule has 0 spiro atoms. The summed E-state index contributed by atoms with van der Waals surface area (Å²) in [6, 6.07) is 12.8. The highest BCUT2D eigenvalue weighted by atomic mass is 16.5. The molecule has 4 heteroatoms. The standard InChI is InChI=1S/C30H40O4/c1-5-30(6-2,26-12-13-28(23(4)19-26)34-21-27(32)20-31)25-11-10-24(22(3)18-25)14-17-29(33)15-8-7-9-16-29/h10-13,18-19,27,31-33H,5-9,15-16,20-21H2,1-4H3/t27-/m0/s1. The van der Waals surface area contributed by atoms with E-state index in [4.69, 9.17) is 9.84 Å². The topological polar surface area (TPSA) is 69.9 Å². The lowest BCUT2D eigenvalue weighted by Gasteiger charge is -2.34. The zero-order valence-corrected chi connectivity index (χ0v) is 21.2. The van der Waals surface area contributed by atoms with Crippen LogP contribution in [0.15, 0.2) is 36.4 Å². The van der Waals surface area contributed by atoms with Crippen LogP contribution < -0.4 is 4.74 Å². The number of hydrogen-bond acceptors (Lipinski definition) is 4. The fourth-order valence-electron chi connectivity index (χ4n) is 5.13. The Balaban J connectivity index is 1.90. The van der Waals surface area contributed by atoms with E-state index >= 15 is 0 Å². The molecule has 0 amide bonds. The molecule has 184 valence electrons. The molecule has 1 saturated carbocycles. The van der Waals surface area contributed by atoms with Crippen LogP contribution in [-0.4, -0.2) is 40.2 Å². The van der Waals surface area contributed by atoms with Crippen molar-refractivity contribution in [1.82, 2.24) is 0 Å². The van der Waals surface area contributed by atoms with Crippen molar-refractivity contribution in [3.63, 3.8) is 0 Å². The van der Waals surface area contributed by atoms with Crippen molar-refractivity contribution >= 4 is 0 Å². The van der Waals surface area contributed by atoms with Gasteiger partial charge in [-0.3, -0.25) is 0 Å². The Kier molecular flexibility index (Phi) is 8.82. The van der Waals surface area contributed by atoms with Crippen LogP contribution in [0.2, 0.25) is 0 Å². The average Bonchev–Trinajstić information content (AvgIpc) is 2.84. The third-order valence-electron chi connectivity index (χ3n) is 7.47. The van der Waals surface area contributed by atoms with Crippen molar-refractivity contribution in [3.8, 4) is 17.6 Å². The molecule has 1 aliphatic rings. The first-order valence-corrected chi connectivity index (χ1v) is 12.7. The average molecular weight is 465 g/mol. The lowest BCUT2D eigenvalue weighted by molar-refractivity contribution is 0.0534. The van der Waals surface area contributed by atoms with Gasteiger partial charge < -0.3 is 20.1 Å². The summed E-state index contributed by atoms with van der Waals surface area (Å²) in [6.45, 7) is 8.32. The van der Waals surface area contributed by atoms with Gasteiger partial charge in [-0.25, -0.2) is 0 Å². The molecule has 0 aromatic heterocycles. The Bertz CT molecular complexity index is 1020. The van der Waals surface area contributed by atoms with Gasteiger partial charge in [-0.2, -0.15) is 0 Å². The van der Waals surface area contributed by atoms with Gasteiger partial charge >= 0.3 is 0 Å². The van der Waals surface area contributed by atoms with Crippen LogP contribution in [0, 0.1) is 25.7 Å². The van der Waals surface area contributed by atoms with Crippen molar-refractivity contribution in [2.24, 2.45) is 0 Å².